The van der Waals surface area contributed by atoms with Crippen LogP contribution < -0.4 is 10.5 Å². The minimum Gasteiger partial charge on any atom is -0.493 e. The predicted molar refractivity (Wildman–Crippen MR) is 108 cm³/mol. The van der Waals surface area contributed by atoms with Crippen LogP contribution in [0.15, 0.2) is 16.6 Å². The van der Waals surface area contributed by atoms with Crippen molar-refractivity contribution in [3.63, 3.8) is 0 Å². The van der Waals surface area contributed by atoms with E-state index in [4.69, 9.17) is 15.2 Å². The molecule has 0 unspecified atom stereocenters. The Hall–Kier alpha value is -2.01. The van der Waals surface area contributed by atoms with E-state index in [1.807, 2.05) is 19.9 Å². The number of carbonyl (C=O) groups excluding carboxylic acids is 1. The molecule has 0 atom stereocenters. The summed E-state index contributed by atoms with van der Waals surface area (Å²) in [5, 5.41) is 0. The van der Waals surface area contributed by atoms with Crippen LogP contribution in [-0.4, -0.2) is 19.7 Å². The van der Waals surface area contributed by atoms with Gasteiger partial charge in [0.15, 0.2) is 0 Å². The van der Waals surface area contributed by atoms with Gasteiger partial charge in [-0.15, -0.1) is 0 Å². The molecule has 2 aromatic carbocycles. The third kappa shape index (κ3) is 3.09. The predicted octanol–water partition coefficient (Wildman–Crippen LogP) is 4.66. The molecule has 2 N–H and O–H groups in total. The summed E-state index contributed by atoms with van der Waals surface area (Å²) in [6.07, 6.45) is 2.23. The van der Waals surface area contributed by atoms with Crippen molar-refractivity contribution in [2.45, 2.75) is 40.0 Å². The second-order valence-corrected chi connectivity index (χ2v) is 7.54. The van der Waals surface area contributed by atoms with Crippen LogP contribution in [0.5, 0.6) is 5.75 Å². The SMILES string of the molecule is COC(=O)Cc1c(C)c(N)c(Br)c(C)c1-c1ccc2c(c1C)CCCO2. The normalized spacial score (nSPS) is 13.1. The molecule has 0 fully saturated rings. The Bertz CT molecular complexity index is 890. The number of carbonyl (C=O) groups is 1. The molecule has 0 amide bonds. The van der Waals surface area contributed by atoms with E-state index in [1.165, 1.54) is 18.2 Å². The number of anilines is 1. The second-order valence-electron chi connectivity index (χ2n) is 6.75. The summed E-state index contributed by atoms with van der Waals surface area (Å²) in [7, 11) is 1.41. The van der Waals surface area contributed by atoms with Gasteiger partial charge in [-0.3, -0.25) is 4.79 Å². The fourth-order valence-corrected chi connectivity index (χ4v) is 4.23. The summed E-state index contributed by atoms with van der Waals surface area (Å²) in [6, 6.07) is 4.13. The molecule has 0 saturated carbocycles. The fraction of sp³-hybridized carbons (Fsp3) is 0.381. The number of methoxy groups -OCH3 is 1. The van der Waals surface area contributed by atoms with E-state index >= 15 is 0 Å². The zero-order valence-corrected chi connectivity index (χ0v) is 17.2. The highest BCUT2D eigenvalue weighted by molar-refractivity contribution is 9.10. The Morgan fingerprint density at radius 2 is 1.96 bits per heavy atom. The van der Waals surface area contributed by atoms with Crippen LogP contribution in [-0.2, 0) is 22.4 Å². The maximum atomic E-state index is 12.0. The number of halogens is 1. The van der Waals surface area contributed by atoms with Gasteiger partial charge in [-0.1, -0.05) is 6.07 Å². The molecule has 0 bridgehead atoms. The molecule has 138 valence electrons. The van der Waals surface area contributed by atoms with Crippen LogP contribution in [0.4, 0.5) is 5.69 Å². The molecule has 1 aliphatic rings. The van der Waals surface area contributed by atoms with Crippen LogP contribution in [0.25, 0.3) is 11.1 Å². The molecule has 2 aromatic rings. The highest BCUT2D eigenvalue weighted by Gasteiger charge is 2.23. The van der Waals surface area contributed by atoms with Crippen LogP contribution in [0.3, 0.4) is 0 Å². The largest absolute Gasteiger partial charge is 0.493 e. The Labute approximate surface area is 162 Å². The van der Waals surface area contributed by atoms with E-state index in [0.717, 1.165) is 57.5 Å². The van der Waals surface area contributed by atoms with E-state index in [0.29, 0.717) is 5.69 Å². The molecule has 0 saturated heterocycles. The number of benzene rings is 2. The van der Waals surface area contributed by atoms with Crippen LogP contribution in [0.1, 0.15) is 34.2 Å². The van der Waals surface area contributed by atoms with Crippen LogP contribution in [0.2, 0.25) is 0 Å². The molecule has 0 aliphatic carbocycles. The average Bonchev–Trinajstić information content (AvgIpc) is 2.66. The zero-order chi connectivity index (χ0) is 19.0. The van der Waals surface area contributed by atoms with Crippen molar-refractivity contribution in [2.24, 2.45) is 0 Å². The fourth-order valence-electron chi connectivity index (χ4n) is 3.73. The molecule has 26 heavy (non-hydrogen) atoms. The number of esters is 1. The topological polar surface area (TPSA) is 61.5 Å². The summed E-state index contributed by atoms with van der Waals surface area (Å²) in [4.78, 5) is 12.0. The first-order chi connectivity index (χ1) is 12.4. The van der Waals surface area contributed by atoms with Gasteiger partial charge in [0.05, 0.1) is 20.1 Å². The molecule has 1 heterocycles. The summed E-state index contributed by atoms with van der Waals surface area (Å²) in [5.74, 6) is 0.699. The monoisotopic (exact) mass is 417 g/mol. The highest BCUT2D eigenvalue weighted by Crippen LogP contribution is 2.43. The number of fused-ring (bicyclic) bond motifs is 1. The van der Waals surface area contributed by atoms with Gasteiger partial charge in [0.1, 0.15) is 5.75 Å². The van der Waals surface area contributed by atoms with Gasteiger partial charge in [0, 0.05) is 10.2 Å². The van der Waals surface area contributed by atoms with Crippen molar-refractivity contribution in [3.05, 3.63) is 44.4 Å². The van der Waals surface area contributed by atoms with E-state index in [9.17, 15) is 4.79 Å². The van der Waals surface area contributed by atoms with Crippen molar-refractivity contribution in [3.8, 4) is 16.9 Å². The quantitative estimate of drug-likeness (QED) is 0.582. The first-order valence-electron chi connectivity index (χ1n) is 8.76. The number of ether oxygens (including phenoxy) is 2. The summed E-state index contributed by atoms with van der Waals surface area (Å²) in [6.45, 7) is 6.89. The Morgan fingerprint density at radius 1 is 1.23 bits per heavy atom. The average molecular weight is 418 g/mol. The first kappa shape index (κ1) is 18.8. The molecule has 0 spiro atoms. The number of rotatable bonds is 3. The van der Waals surface area contributed by atoms with Gasteiger partial charge in [-0.2, -0.15) is 0 Å². The molecular weight excluding hydrogens is 394 g/mol. The number of nitrogen functional groups attached to an aromatic ring is 1. The van der Waals surface area contributed by atoms with E-state index in [1.54, 1.807) is 0 Å². The van der Waals surface area contributed by atoms with Gasteiger partial charge >= 0.3 is 5.97 Å². The zero-order valence-electron chi connectivity index (χ0n) is 15.7. The molecular formula is C21H24BrNO3. The lowest BCUT2D eigenvalue weighted by atomic mass is 9.85. The van der Waals surface area contributed by atoms with Gasteiger partial charge in [0.2, 0.25) is 0 Å². The summed E-state index contributed by atoms with van der Waals surface area (Å²) in [5.41, 5.74) is 14.5. The lowest BCUT2D eigenvalue weighted by Crippen LogP contribution is -2.13. The Balaban J connectivity index is 2.29. The number of hydrogen-bond acceptors (Lipinski definition) is 4. The standard InChI is InChI=1S/C21H24BrNO3/c1-11-14-6-5-9-26-17(14)8-7-15(11)19-13(3)20(22)21(23)12(2)16(19)10-18(24)25-4/h7-8H,5-6,9-10,23H2,1-4H3. The molecule has 0 aromatic heterocycles. The Morgan fingerprint density at radius 3 is 2.65 bits per heavy atom. The van der Waals surface area contributed by atoms with Crippen molar-refractivity contribution in [1.29, 1.82) is 0 Å². The van der Waals surface area contributed by atoms with E-state index in [-0.39, 0.29) is 12.4 Å². The summed E-state index contributed by atoms with van der Waals surface area (Å²) >= 11 is 3.63. The van der Waals surface area contributed by atoms with Crippen molar-refractivity contribution >= 4 is 27.6 Å². The van der Waals surface area contributed by atoms with Crippen LogP contribution >= 0.6 is 15.9 Å². The summed E-state index contributed by atoms with van der Waals surface area (Å²) < 4.78 is 11.6. The molecule has 4 nitrogen and oxygen atoms in total. The van der Waals surface area contributed by atoms with Crippen LogP contribution in [0, 0.1) is 20.8 Å². The highest BCUT2D eigenvalue weighted by atomic mass is 79.9. The Kier molecular flexibility index (Phi) is 5.28. The minimum atomic E-state index is -0.269. The van der Waals surface area contributed by atoms with Crippen molar-refractivity contribution in [1.82, 2.24) is 0 Å². The maximum absolute atomic E-state index is 12.0. The van der Waals surface area contributed by atoms with Crippen molar-refractivity contribution < 1.29 is 14.3 Å². The second kappa shape index (κ2) is 7.31. The molecule has 0 radical (unpaired) electrons. The number of hydrogen-bond donors (Lipinski definition) is 1. The van der Waals surface area contributed by atoms with Crippen molar-refractivity contribution in [2.75, 3.05) is 19.5 Å². The minimum absolute atomic E-state index is 0.197. The first-order valence-corrected chi connectivity index (χ1v) is 9.55. The lowest BCUT2D eigenvalue weighted by Gasteiger charge is -2.24. The third-order valence-electron chi connectivity index (χ3n) is 5.30. The van der Waals surface area contributed by atoms with E-state index in [2.05, 4.69) is 28.9 Å². The van der Waals surface area contributed by atoms with Gasteiger partial charge in [-0.05, 0) is 94.6 Å². The van der Waals surface area contributed by atoms with Gasteiger partial charge in [-0.25, -0.2) is 0 Å². The third-order valence-corrected chi connectivity index (χ3v) is 6.32. The smallest absolute Gasteiger partial charge is 0.310 e. The van der Waals surface area contributed by atoms with Gasteiger partial charge < -0.3 is 15.2 Å². The molecule has 1 aliphatic heterocycles. The molecule has 3 rings (SSSR count). The van der Waals surface area contributed by atoms with Gasteiger partial charge in [0.25, 0.3) is 0 Å². The maximum Gasteiger partial charge on any atom is 0.310 e. The lowest BCUT2D eigenvalue weighted by molar-refractivity contribution is -0.139. The van der Waals surface area contributed by atoms with E-state index < -0.39 is 0 Å². The molecule has 5 heteroatoms. The number of nitrogens with two attached hydrogens (primary N) is 1.